The van der Waals surface area contributed by atoms with Crippen LogP contribution in [-0.2, 0) is 0 Å². The molecular formula is C11H8N2. The van der Waals surface area contributed by atoms with Gasteiger partial charge in [-0.1, -0.05) is 6.07 Å². The lowest BCUT2D eigenvalue weighted by Gasteiger charge is -2.00. The molecule has 0 bridgehead atoms. The number of aryl methyl sites for hydroxylation is 1. The number of hydrogen-bond acceptors (Lipinski definition) is 2. The van der Waals surface area contributed by atoms with Crippen molar-refractivity contribution < 1.29 is 0 Å². The molecule has 1 heterocycles. The molecule has 0 fully saturated rings. The first-order chi connectivity index (χ1) is 6.31. The van der Waals surface area contributed by atoms with Gasteiger partial charge in [0.05, 0.1) is 17.1 Å². The fourth-order valence-corrected chi connectivity index (χ4v) is 1.44. The van der Waals surface area contributed by atoms with E-state index in [1.165, 1.54) is 0 Å². The molecule has 0 amide bonds. The van der Waals surface area contributed by atoms with Crippen LogP contribution in [0.15, 0.2) is 30.5 Å². The van der Waals surface area contributed by atoms with Crippen LogP contribution >= 0.6 is 0 Å². The molecule has 1 aromatic heterocycles. The third kappa shape index (κ3) is 1.25. The predicted molar refractivity (Wildman–Crippen MR) is 51.2 cm³/mol. The van der Waals surface area contributed by atoms with Crippen molar-refractivity contribution >= 4 is 10.9 Å². The highest BCUT2D eigenvalue weighted by Gasteiger charge is 1.99. The van der Waals surface area contributed by atoms with Crippen LogP contribution in [0.1, 0.15) is 11.1 Å². The van der Waals surface area contributed by atoms with Gasteiger partial charge < -0.3 is 0 Å². The highest BCUT2D eigenvalue weighted by molar-refractivity contribution is 5.82. The maximum Gasteiger partial charge on any atom is 0.0991 e. The predicted octanol–water partition coefficient (Wildman–Crippen LogP) is 2.41. The molecule has 0 aliphatic heterocycles. The summed E-state index contributed by atoms with van der Waals surface area (Å²) in [5, 5.41) is 9.78. The van der Waals surface area contributed by atoms with Crippen molar-refractivity contribution in [1.29, 1.82) is 5.26 Å². The van der Waals surface area contributed by atoms with Crippen LogP contribution in [0.3, 0.4) is 0 Å². The first-order valence-corrected chi connectivity index (χ1v) is 4.07. The average molecular weight is 168 g/mol. The Morgan fingerprint density at radius 2 is 2.23 bits per heavy atom. The summed E-state index contributed by atoms with van der Waals surface area (Å²) >= 11 is 0. The lowest BCUT2D eigenvalue weighted by atomic mass is 10.1. The molecule has 13 heavy (non-hydrogen) atoms. The molecule has 0 aliphatic carbocycles. The Labute approximate surface area is 76.5 Å². The van der Waals surface area contributed by atoms with Gasteiger partial charge in [0.1, 0.15) is 0 Å². The summed E-state index contributed by atoms with van der Waals surface area (Å²) in [6.45, 7) is 1.97. The zero-order valence-corrected chi connectivity index (χ0v) is 7.28. The third-order valence-electron chi connectivity index (χ3n) is 2.02. The summed E-state index contributed by atoms with van der Waals surface area (Å²) in [4.78, 5) is 4.25. The van der Waals surface area contributed by atoms with E-state index in [4.69, 9.17) is 5.26 Å². The Morgan fingerprint density at radius 3 is 3.00 bits per heavy atom. The van der Waals surface area contributed by atoms with Crippen LogP contribution < -0.4 is 0 Å². The van der Waals surface area contributed by atoms with Crippen LogP contribution in [0, 0.1) is 18.3 Å². The van der Waals surface area contributed by atoms with Crippen molar-refractivity contribution in [3.8, 4) is 6.07 Å². The second kappa shape index (κ2) is 2.87. The Hall–Kier alpha value is -1.88. The summed E-state index contributed by atoms with van der Waals surface area (Å²) in [6.07, 6.45) is 1.77. The molecule has 0 radical (unpaired) electrons. The van der Waals surface area contributed by atoms with Gasteiger partial charge in [-0.25, -0.2) is 0 Å². The van der Waals surface area contributed by atoms with Gasteiger partial charge in [-0.15, -0.1) is 0 Å². The van der Waals surface area contributed by atoms with Crippen molar-refractivity contribution in [2.24, 2.45) is 0 Å². The monoisotopic (exact) mass is 168 g/mol. The van der Waals surface area contributed by atoms with E-state index >= 15 is 0 Å². The fraction of sp³-hybridized carbons (Fsp3) is 0.0909. The summed E-state index contributed by atoms with van der Waals surface area (Å²) in [5.41, 5.74) is 2.72. The molecule has 0 saturated carbocycles. The maximum atomic E-state index is 8.75. The normalized spacial score (nSPS) is 9.85. The Morgan fingerprint density at radius 1 is 1.38 bits per heavy atom. The number of aromatic nitrogens is 1. The summed E-state index contributed by atoms with van der Waals surface area (Å²) in [5.74, 6) is 0. The van der Waals surface area contributed by atoms with E-state index in [2.05, 4.69) is 11.1 Å². The molecule has 0 atom stereocenters. The second-order valence-electron chi connectivity index (χ2n) is 2.98. The highest BCUT2D eigenvalue weighted by atomic mass is 14.6. The molecule has 2 nitrogen and oxygen atoms in total. The van der Waals surface area contributed by atoms with Gasteiger partial charge >= 0.3 is 0 Å². The third-order valence-corrected chi connectivity index (χ3v) is 2.02. The number of nitriles is 1. The van der Waals surface area contributed by atoms with Crippen LogP contribution in [0.4, 0.5) is 0 Å². The van der Waals surface area contributed by atoms with Crippen molar-refractivity contribution in [3.05, 3.63) is 41.6 Å². The van der Waals surface area contributed by atoms with Crippen molar-refractivity contribution in [1.82, 2.24) is 4.98 Å². The smallest absolute Gasteiger partial charge is 0.0991 e. The van der Waals surface area contributed by atoms with E-state index in [1.54, 1.807) is 6.20 Å². The molecule has 62 valence electrons. The Bertz CT molecular complexity index is 495. The number of benzene rings is 1. The molecule has 1 aromatic carbocycles. The van der Waals surface area contributed by atoms with E-state index in [0.29, 0.717) is 5.56 Å². The average Bonchev–Trinajstić information content (AvgIpc) is 2.18. The molecule has 0 aliphatic rings. The number of rotatable bonds is 0. The Balaban J connectivity index is 2.86. The molecule has 0 spiro atoms. The van der Waals surface area contributed by atoms with Gasteiger partial charge in [-0.3, -0.25) is 4.98 Å². The lowest BCUT2D eigenvalue weighted by Crippen LogP contribution is -1.84. The van der Waals surface area contributed by atoms with E-state index in [9.17, 15) is 0 Å². The minimum absolute atomic E-state index is 0.693. The second-order valence-corrected chi connectivity index (χ2v) is 2.98. The summed E-state index contributed by atoms with van der Waals surface area (Å²) in [6, 6.07) is 9.69. The van der Waals surface area contributed by atoms with Crippen molar-refractivity contribution in [2.45, 2.75) is 6.92 Å². The van der Waals surface area contributed by atoms with Crippen molar-refractivity contribution in [2.75, 3.05) is 0 Å². The zero-order valence-electron chi connectivity index (χ0n) is 7.28. The SMILES string of the molecule is Cc1cc(C#N)cc2cccnc12. The molecule has 0 saturated heterocycles. The van der Waals surface area contributed by atoms with Gasteiger partial charge in [0.2, 0.25) is 0 Å². The molecular weight excluding hydrogens is 160 g/mol. The van der Waals surface area contributed by atoms with E-state index in [0.717, 1.165) is 16.5 Å². The lowest BCUT2D eigenvalue weighted by molar-refractivity contribution is 1.36. The molecule has 2 heteroatoms. The largest absolute Gasteiger partial charge is 0.256 e. The van der Waals surface area contributed by atoms with Gasteiger partial charge in [0, 0.05) is 11.6 Å². The highest BCUT2D eigenvalue weighted by Crippen LogP contribution is 2.17. The number of fused-ring (bicyclic) bond motifs is 1. The number of nitrogens with zero attached hydrogens (tertiary/aromatic N) is 2. The minimum atomic E-state index is 0.693. The van der Waals surface area contributed by atoms with E-state index in [1.807, 2.05) is 31.2 Å². The number of hydrogen-bond donors (Lipinski definition) is 0. The molecule has 2 rings (SSSR count). The standard InChI is InChI=1S/C11H8N2/c1-8-5-9(7-12)6-10-3-2-4-13-11(8)10/h2-6H,1H3. The van der Waals surface area contributed by atoms with Crippen LogP contribution in [0.5, 0.6) is 0 Å². The van der Waals surface area contributed by atoms with E-state index < -0.39 is 0 Å². The van der Waals surface area contributed by atoms with Crippen LogP contribution in [0.2, 0.25) is 0 Å². The van der Waals surface area contributed by atoms with Crippen LogP contribution in [-0.4, -0.2) is 4.98 Å². The Kier molecular flexibility index (Phi) is 1.71. The number of pyridine rings is 1. The zero-order chi connectivity index (χ0) is 9.26. The molecule has 0 unspecified atom stereocenters. The van der Waals surface area contributed by atoms with Crippen LogP contribution in [0.25, 0.3) is 10.9 Å². The van der Waals surface area contributed by atoms with Gasteiger partial charge in [-0.05, 0) is 30.7 Å². The topological polar surface area (TPSA) is 36.7 Å². The quantitative estimate of drug-likeness (QED) is 0.605. The van der Waals surface area contributed by atoms with Gasteiger partial charge in [0.15, 0.2) is 0 Å². The van der Waals surface area contributed by atoms with Crippen molar-refractivity contribution in [3.63, 3.8) is 0 Å². The maximum absolute atomic E-state index is 8.75. The molecule has 0 N–H and O–H groups in total. The van der Waals surface area contributed by atoms with Gasteiger partial charge in [-0.2, -0.15) is 5.26 Å². The molecule has 2 aromatic rings. The summed E-state index contributed by atoms with van der Waals surface area (Å²) < 4.78 is 0. The minimum Gasteiger partial charge on any atom is -0.256 e. The first-order valence-electron chi connectivity index (χ1n) is 4.07. The first kappa shape index (κ1) is 7.75. The van der Waals surface area contributed by atoms with Gasteiger partial charge in [0.25, 0.3) is 0 Å². The summed E-state index contributed by atoms with van der Waals surface area (Å²) in [7, 11) is 0. The van der Waals surface area contributed by atoms with E-state index in [-0.39, 0.29) is 0 Å². The fourth-order valence-electron chi connectivity index (χ4n) is 1.44.